The molecule has 0 bridgehead atoms. The van der Waals surface area contributed by atoms with Crippen LogP contribution in [-0.4, -0.2) is 28.8 Å². The number of benzene rings is 1. The lowest BCUT2D eigenvalue weighted by Gasteiger charge is -2.12. The zero-order valence-electron chi connectivity index (χ0n) is 18.3. The van der Waals surface area contributed by atoms with Gasteiger partial charge in [0.15, 0.2) is 0 Å². The summed E-state index contributed by atoms with van der Waals surface area (Å²) < 4.78 is 7.93. The lowest BCUT2D eigenvalue weighted by Crippen LogP contribution is -2.24. The van der Waals surface area contributed by atoms with Crippen LogP contribution in [0.5, 0.6) is 5.75 Å². The first-order chi connectivity index (χ1) is 14.7. The second kappa shape index (κ2) is 10.8. The van der Waals surface area contributed by atoms with Crippen LogP contribution in [-0.2, 0) is 24.8 Å². The summed E-state index contributed by atoms with van der Waals surface area (Å²) in [5, 5.41) is 10.6. The average molecular weight is 486 g/mol. The highest BCUT2D eigenvalue weighted by atomic mass is 79.9. The van der Waals surface area contributed by atoms with E-state index in [9.17, 15) is 4.79 Å². The number of ether oxygens (including phenoxy) is 1. The Kier molecular flexibility index (Phi) is 8.38. The number of nitrogens with two attached hydrogens (primary N) is 1. The molecule has 1 aromatic carbocycles. The highest BCUT2D eigenvalue weighted by molar-refractivity contribution is 9.10. The summed E-state index contributed by atoms with van der Waals surface area (Å²) in [5.41, 5.74) is 9.85. The number of aryl methyl sites for hydroxylation is 2. The zero-order chi connectivity index (χ0) is 23.1. The lowest BCUT2D eigenvalue weighted by atomic mass is 10.0. The number of aromatic nitrogens is 2. The molecule has 4 N–H and O–H groups in total. The van der Waals surface area contributed by atoms with E-state index < -0.39 is 0 Å². The minimum Gasteiger partial charge on any atom is -0.496 e. The van der Waals surface area contributed by atoms with Crippen molar-refractivity contribution in [1.82, 2.24) is 14.9 Å². The third kappa shape index (κ3) is 5.95. The maximum Gasteiger partial charge on any atom is 0.251 e. The Bertz CT molecular complexity index is 1070. The van der Waals surface area contributed by atoms with E-state index >= 15 is 0 Å². The van der Waals surface area contributed by atoms with Crippen LogP contribution in [0.1, 0.15) is 30.8 Å². The van der Waals surface area contributed by atoms with Crippen molar-refractivity contribution in [3.05, 3.63) is 75.4 Å². The summed E-state index contributed by atoms with van der Waals surface area (Å²) in [5.74, 6) is 1.04. The maximum absolute atomic E-state index is 12.5. The summed E-state index contributed by atoms with van der Waals surface area (Å²) in [4.78, 5) is 16.9. The Morgan fingerprint density at radius 2 is 2.16 bits per heavy atom. The summed E-state index contributed by atoms with van der Waals surface area (Å²) >= 11 is 3.34. The van der Waals surface area contributed by atoms with Crippen molar-refractivity contribution in [1.29, 1.82) is 5.41 Å². The van der Waals surface area contributed by atoms with E-state index in [1.54, 1.807) is 7.11 Å². The monoisotopic (exact) mass is 485 g/mol. The molecule has 0 aliphatic rings. The highest BCUT2D eigenvalue weighted by Gasteiger charge is 2.13. The Hall–Kier alpha value is -3.13. The molecular weight excluding hydrogens is 458 g/mol. The third-order valence-corrected chi connectivity index (χ3v) is 5.24. The molecule has 0 saturated heterocycles. The van der Waals surface area contributed by atoms with Crippen LogP contribution in [0.4, 0.5) is 0 Å². The van der Waals surface area contributed by atoms with Gasteiger partial charge in [0.1, 0.15) is 16.2 Å². The number of carbonyl (C=O) groups is 1. The van der Waals surface area contributed by atoms with Crippen molar-refractivity contribution < 1.29 is 9.53 Å². The quantitative estimate of drug-likeness (QED) is 0.284. The zero-order valence-corrected chi connectivity index (χ0v) is 19.8. The van der Waals surface area contributed by atoms with Gasteiger partial charge >= 0.3 is 0 Å². The molecule has 0 radical (unpaired) electrons. The Balaban J connectivity index is 2.16. The molecule has 1 amide bonds. The van der Waals surface area contributed by atoms with Gasteiger partial charge in [-0.2, -0.15) is 0 Å². The number of halogens is 1. The van der Waals surface area contributed by atoms with E-state index in [2.05, 4.69) is 39.7 Å². The molecule has 8 heteroatoms. The summed E-state index contributed by atoms with van der Waals surface area (Å²) in [6.07, 6.45) is 5.33. The van der Waals surface area contributed by atoms with Crippen LogP contribution in [0.25, 0.3) is 5.57 Å². The number of carbonyl (C=O) groups excluding carboxylic acids is 1. The van der Waals surface area contributed by atoms with Crippen molar-refractivity contribution in [3.63, 3.8) is 0 Å². The van der Waals surface area contributed by atoms with Crippen LogP contribution in [0.3, 0.4) is 0 Å². The fraction of sp³-hybridized carbons (Fsp3) is 0.261. The molecule has 0 saturated carbocycles. The molecule has 1 aromatic heterocycles. The van der Waals surface area contributed by atoms with Gasteiger partial charge in [-0.15, -0.1) is 0 Å². The van der Waals surface area contributed by atoms with Crippen LogP contribution < -0.4 is 15.8 Å². The molecule has 0 aliphatic heterocycles. The van der Waals surface area contributed by atoms with Crippen LogP contribution in [0, 0.1) is 5.41 Å². The molecule has 2 rings (SSSR count). The average Bonchev–Trinajstić information content (AvgIpc) is 3.09. The maximum atomic E-state index is 12.5. The predicted molar refractivity (Wildman–Crippen MR) is 128 cm³/mol. The molecule has 164 valence electrons. The van der Waals surface area contributed by atoms with Crippen LogP contribution in [0.15, 0.2) is 58.5 Å². The molecule has 31 heavy (non-hydrogen) atoms. The number of methoxy groups -OCH3 is 1. The van der Waals surface area contributed by atoms with Gasteiger partial charge in [0.25, 0.3) is 5.91 Å². The van der Waals surface area contributed by atoms with E-state index in [-0.39, 0.29) is 17.2 Å². The molecule has 0 spiro atoms. The van der Waals surface area contributed by atoms with Gasteiger partial charge in [-0.1, -0.05) is 25.6 Å². The van der Waals surface area contributed by atoms with E-state index in [1.165, 1.54) is 6.08 Å². The number of amides is 1. The fourth-order valence-corrected chi connectivity index (χ4v) is 3.56. The Morgan fingerprint density at radius 3 is 2.71 bits per heavy atom. The normalized spacial score (nSPS) is 12.2. The van der Waals surface area contributed by atoms with Gasteiger partial charge in [-0.25, -0.2) is 4.98 Å². The van der Waals surface area contributed by atoms with Gasteiger partial charge in [0.05, 0.1) is 7.11 Å². The van der Waals surface area contributed by atoms with E-state index in [0.717, 1.165) is 29.5 Å². The number of hydrogen-bond donors (Lipinski definition) is 3. The minimum absolute atomic E-state index is 0.190. The largest absolute Gasteiger partial charge is 0.496 e. The number of nitrogens with zero attached hydrogens (tertiary/aromatic N) is 2. The number of imidazole rings is 1. The van der Waals surface area contributed by atoms with Crippen molar-refractivity contribution in [3.8, 4) is 5.75 Å². The number of nitrogens with one attached hydrogen (secondary N) is 2. The number of rotatable bonds is 9. The first kappa shape index (κ1) is 24.1. The van der Waals surface area contributed by atoms with Gasteiger partial charge in [0, 0.05) is 54.0 Å². The van der Waals surface area contributed by atoms with Crippen molar-refractivity contribution in [2.45, 2.75) is 26.8 Å². The minimum atomic E-state index is -0.355. The number of hydrogen-bond acceptors (Lipinski definition) is 5. The SMILES string of the molecule is C=C(/C=C(N)\C(C=N)=C(/C)c1nc(Br)cn1C)C(=O)NCc1ccc(CC)cc1OC. The first-order valence-electron chi connectivity index (χ1n) is 9.72. The van der Waals surface area contributed by atoms with Gasteiger partial charge in [-0.3, -0.25) is 4.79 Å². The van der Waals surface area contributed by atoms with E-state index in [4.69, 9.17) is 15.9 Å². The standard InChI is InChI=1S/C23H28BrN5O2/c1-6-16-7-8-17(20(10-16)31-5)12-27-23(30)14(2)9-19(26)18(11-25)15(3)22-28-21(24)13-29(22)4/h7-11,13,25H,2,6,12,26H2,1,3-5H3,(H,27,30)/b18-15+,19-9+,25-11?. The predicted octanol–water partition coefficient (Wildman–Crippen LogP) is 3.89. The summed E-state index contributed by atoms with van der Waals surface area (Å²) in [6, 6.07) is 5.92. The van der Waals surface area contributed by atoms with Gasteiger partial charge in [-0.05, 0) is 47.0 Å². The molecule has 0 unspecified atom stereocenters. The second-order valence-corrected chi connectivity index (χ2v) is 7.80. The topological polar surface area (TPSA) is 106 Å². The molecule has 0 fully saturated rings. The van der Waals surface area contributed by atoms with Crippen molar-refractivity contribution >= 4 is 33.6 Å². The molecular formula is C23H28BrN5O2. The first-order valence-corrected chi connectivity index (χ1v) is 10.5. The Labute approximate surface area is 191 Å². The van der Waals surface area contributed by atoms with Crippen molar-refractivity contribution in [2.75, 3.05) is 7.11 Å². The van der Waals surface area contributed by atoms with Gasteiger partial charge in [0.2, 0.25) is 0 Å². The molecule has 1 heterocycles. The molecule has 0 atom stereocenters. The van der Waals surface area contributed by atoms with Gasteiger partial charge < -0.3 is 25.8 Å². The summed E-state index contributed by atoms with van der Waals surface area (Å²) in [7, 11) is 3.46. The summed E-state index contributed by atoms with van der Waals surface area (Å²) in [6.45, 7) is 8.02. The lowest BCUT2D eigenvalue weighted by molar-refractivity contribution is -0.117. The molecule has 0 aliphatic carbocycles. The second-order valence-electron chi connectivity index (χ2n) is 6.99. The van der Waals surface area contributed by atoms with E-state index in [1.807, 2.05) is 42.9 Å². The van der Waals surface area contributed by atoms with E-state index in [0.29, 0.717) is 28.1 Å². The van der Waals surface area contributed by atoms with Crippen molar-refractivity contribution in [2.24, 2.45) is 12.8 Å². The van der Waals surface area contributed by atoms with Crippen LogP contribution >= 0.6 is 15.9 Å². The highest BCUT2D eigenvalue weighted by Crippen LogP contribution is 2.23. The Morgan fingerprint density at radius 1 is 1.45 bits per heavy atom. The molecule has 7 nitrogen and oxygen atoms in total. The van der Waals surface area contributed by atoms with Crippen LogP contribution in [0.2, 0.25) is 0 Å². The number of allylic oxidation sites excluding steroid dienone is 2. The fourth-order valence-electron chi connectivity index (χ4n) is 3.08. The smallest absolute Gasteiger partial charge is 0.251 e. The molecule has 2 aromatic rings. The third-order valence-electron chi connectivity index (χ3n) is 4.86.